The summed E-state index contributed by atoms with van der Waals surface area (Å²) in [5, 5.41) is 6.74. The molecule has 2 N–H and O–H groups in total. The number of hydrogen-bond donors (Lipinski definition) is 2. The number of nitrogens with one attached hydrogen (secondary N) is 2. The van der Waals surface area contributed by atoms with Crippen LogP contribution in [-0.2, 0) is 4.74 Å². The van der Waals surface area contributed by atoms with Crippen molar-refractivity contribution in [2.75, 3.05) is 47.1 Å². The smallest absolute Gasteiger partial charge is 0.191 e. The molecule has 27 heavy (non-hydrogen) atoms. The zero-order valence-corrected chi connectivity index (χ0v) is 17.1. The molecule has 0 unspecified atom stereocenters. The minimum absolute atomic E-state index is 0.343. The zero-order valence-electron chi connectivity index (χ0n) is 17.1. The van der Waals surface area contributed by atoms with Gasteiger partial charge in [0.15, 0.2) is 5.96 Å². The second-order valence-electron chi connectivity index (χ2n) is 7.10. The Morgan fingerprint density at radius 3 is 2.41 bits per heavy atom. The van der Waals surface area contributed by atoms with Crippen LogP contribution in [-0.4, -0.2) is 53.0 Å². The lowest BCUT2D eigenvalue weighted by atomic mass is 9.67. The Morgan fingerprint density at radius 2 is 1.81 bits per heavy atom. The van der Waals surface area contributed by atoms with Gasteiger partial charge in [0, 0.05) is 33.4 Å². The van der Waals surface area contributed by atoms with Gasteiger partial charge in [0.1, 0.15) is 11.5 Å². The van der Waals surface area contributed by atoms with Crippen molar-refractivity contribution in [2.24, 2.45) is 10.4 Å². The molecule has 0 heterocycles. The average Bonchev–Trinajstić information content (AvgIpc) is 2.67. The Balaban J connectivity index is 1.70. The summed E-state index contributed by atoms with van der Waals surface area (Å²) in [6.07, 6.45) is 5.84. The third kappa shape index (κ3) is 7.29. The SMILES string of the molecule is CCNC(=NCC1(CCOC)CCC1)NCCCOc1ccc(OC)cc1. The number of hydrogen-bond acceptors (Lipinski definition) is 4. The first-order valence-corrected chi connectivity index (χ1v) is 9.99. The summed E-state index contributed by atoms with van der Waals surface area (Å²) in [7, 11) is 3.44. The highest BCUT2D eigenvalue weighted by Crippen LogP contribution is 2.44. The first-order chi connectivity index (χ1) is 13.2. The average molecular weight is 378 g/mol. The van der Waals surface area contributed by atoms with Gasteiger partial charge in [-0.1, -0.05) is 6.42 Å². The maximum atomic E-state index is 5.76. The molecule has 1 fully saturated rings. The van der Waals surface area contributed by atoms with Gasteiger partial charge in [-0.3, -0.25) is 4.99 Å². The van der Waals surface area contributed by atoms with E-state index in [1.54, 1.807) is 14.2 Å². The lowest BCUT2D eigenvalue weighted by Gasteiger charge is -2.40. The summed E-state index contributed by atoms with van der Waals surface area (Å²) in [6.45, 7) is 6.13. The Hall–Kier alpha value is -1.95. The van der Waals surface area contributed by atoms with Gasteiger partial charge in [-0.25, -0.2) is 0 Å². The van der Waals surface area contributed by atoms with Gasteiger partial charge < -0.3 is 24.8 Å². The predicted molar refractivity (Wildman–Crippen MR) is 110 cm³/mol. The highest BCUT2D eigenvalue weighted by Gasteiger charge is 2.36. The molecule has 1 saturated carbocycles. The first-order valence-electron chi connectivity index (χ1n) is 9.99. The normalized spacial score (nSPS) is 15.7. The summed E-state index contributed by atoms with van der Waals surface area (Å²) in [5.41, 5.74) is 0.343. The van der Waals surface area contributed by atoms with Crippen molar-refractivity contribution >= 4 is 5.96 Å². The van der Waals surface area contributed by atoms with Crippen molar-refractivity contribution in [1.82, 2.24) is 10.6 Å². The molecule has 1 aromatic rings. The van der Waals surface area contributed by atoms with Crippen molar-refractivity contribution in [2.45, 2.75) is 39.0 Å². The Labute approximate surface area is 163 Å². The quantitative estimate of drug-likeness (QED) is 0.333. The van der Waals surface area contributed by atoms with Crippen LogP contribution < -0.4 is 20.1 Å². The van der Waals surface area contributed by atoms with Crippen molar-refractivity contribution < 1.29 is 14.2 Å². The molecule has 0 saturated heterocycles. The van der Waals surface area contributed by atoms with Gasteiger partial charge in [0.05, 0.1) is 13.7 Å². The van der Waals surface area contributed by atoms with Crippen molar-refractivity contribution in [3.63, 3.8) is 0 Å². The van der Waals surface area contributed by atoms with Gasteiger partial charge in [0.25, 0.3) is 0 Å². The topological polar surface area (TPSA) is 64.1 Å². The van der Waals surface area contributed by atoms with Crippen LogP contribution in [0.1, 0.15) is 39.0 Å². The minimum Gasteiger partial charge on any atom is -0.497 e. The van der Waals surface area contributed by atoms with Crippen molar-refractivity contribution in [1.29, 1.82) is 0 Å². The fourth-order valence-corrected chi connectivity index (χ4v) is 3.21. The van der Waals surface area contributed by atoms with E-state index in [0.717, 1.165) is 56.5 Å². The third-order valence-corrected chi connectivity index (χ3v) is 5.11. The van der Waals surface area contributed by atoms with E-state index >= 15 is 0 Å². The second-order valence-corrected chi connectivity index (χ2v) is 7.10. The Kier molecular flexibility index (Phi) is 9.25. The van der Waals surface area contributed by atoms with E-state index in [-0.39, 0.29) is 0 Å². The number of benzene rings is 1. The number of nitrogens with zero attached hydrogens (tertiary/aromatic N) is 1. The molecule has 0 atom stereocenters. The predicted octanol–water partition coefficient (Wildman–Crippen LogP) is 3.23. The molecule has 0 radical (unpaired) electrons. The van der Waals surface area contributed by atoms with Crippen LogP contribution in [0.15, 0.2) is 29.3 Å². The molecule has 0 spiro atoms. The van der Waals surface area contributed by atoms with Gasteiger partial charge >= 0.3 is 0 Å². The molecule has 6 heteroatoms. The van der Waals surface area contributed by atoms with Crippen molar-refractivity contribution in [3.8, 4) is 11.5 Å². The van der Waals surface area contributed by atoms with E-state index in [9.17, 15) is 0 Å². The van der Waals surface area contributed by atoms with E-state index in [2.05, 4.69) is 17.6 Å². The van der Waals surface area contributed by atoms with Crippen LogP contribution in [0.5, 0.6) is 11.5 Å². The molecule has 2 rings (SSSR count). The largest absolute Gasteiger partial charge is 0.497 e. The lowest BCUT2D eigenvalue weighted by molar-refractivity contribution is 0.0778. The minimum atomic E-state index is 0.343. The molecule has 0 aromatic heterocycles. The summed E-state index contributed by atoms with van der Waals surface area (Å²) >= 11 is 0. The van der Waals surface area contributed by atoms with E-state index < -0.39 is 0 Å². The molecule has 1 aromatic carbocycles. The number of methoxy groups -OCH3 is 2. The van der Waals surface area contributed by atoms with Crippen LogP contribution in [0.2, 0.25) is 0 Å². The molecule has 1 aliphatic rings. The summed E-state index contributed by atoms with van der Waals surface area (Å²) in [6, 6.07) is 7.67. The maximum Gasteiger partial charge on any atom is 0.191 e. The van der Waals surface area contributed by atoms with Gasteiger partial charge in [-0.15, -0.1) is 0 Å². The fourth-order valence-electron chi connectivity index (χ4n) is 3.21. The second kappa shape index (κ2) is 11.7. The molecule has 6 nitrogen and oxygen atoms in total. The van der Waals surface area contributed by atoms with E-state index in [0.29, 0.717) is 12.0 Å². The molecular weight excluding hydrogens is 342 g/mol. The van der Waals surface area contributed by atoms with Crippen molar-refractivity contribution in [3.05, 3.63) is 24.3 Å². The zero-order chi connectivity index (χ0) is 19.4. The summed E-state index contributed by atoms with van der Waals surface area (Å²) < 4.78 is 16.2. The number of aliphatic imine (C=N–C) groups is 1. The number of guanidine groups is 1. The van der Waals surface area contributed by atoms with E-state index in [4.69, 9.17) is 19.2 Å². The molecule has 152 valence electrons. The Bertz CT molecular complexity index is 556. The Morgan fingerprint density at radius 1 is 1.07 bits per heavy atom. The lowest BCUT2D eigenvalue weighted by Crippen LogP contribution is -2.40. The number of rotatable bonds is 12. The maximum absolute atomic E-state index is 5.76. The van der Waals surface area contributed by atoms with E-state index in [1.165, 1.54) is 19.3 Å². The van der Waals surface area contributed by atoms with Crippen LogP contribution in [0, 0.1) is 5.41 Å². The summed E-state index contributed by atoms with van der Waals surface area (Å²) in [4.78, 5) is 4.82. The first kappa shape index (κ1) is 21.4. The van der Waals surface area contributed by atoms with E-state index in [1.807, 2.05) is 24.3 Å². The van der Waals surface area contributed by atoms with Crippen LogP contribution in [0.25, 0.3) is 0 Å². The molecule has 0 aliphatic heterocycles. The van der Waals surface area contributed by atoms with Gasteiger partial charge in [-0.2, -0.15) is 0 Å². The molecular formula is C21H35N3O3. The highest BCUT2D eigenvalue weighted by atomic mass is 16.5. The monoisotopic (exact) mass is 377 g/mol. The summed E-state index contributed by atoms with van der Waals surface area (Å²) in [5.74, 6) is 2.59. The molecule has 0 bridgehead atoms. The van der Waals surface area contributed by atoms with Gasteiger partial charge in [0.2, 0.25) is 0 Å². The van der Waals surface area contributed by atoms with Crippen LogP contribution in [0.4, 0.5) is 0 Å². The number of ether oxygens (including phenoxy) is 3. The fraction of sp³-hybridized carbons (Fsp3) is 0.667. The standard InChI is InChI=1S/C21H35N3O3/c1-4-22-20(24-17-21(11-5-12-21)13-16-25-2)23-14-6-15-27-19-9-7-18(26-3)8-10-19/h7-10H,4-6,11-17H2,1-3H3,(H2,22,23,24). The van der Waals surface area contributed by atoms with Gasteiger partial charge in [-0.05, 0) is 62.3 Å². The third-order valence-electron chi connectivity index (χ3n) is 5.11. The highest BCUT2D eigenvalue weighted by molar-refractivity contribution is 5.79. The van der Waals surface area contributed by atoms with Crippen LogP contribution >= 0.6 is 0 Å². The molecule has 0 amide bonds. The van der Waals surface area contributed by atoms with Crippen LogP contribution in [0.3, 0.4) is 0 Å². The molecule has 1 aliphatic carbocycles.